The molecular weight excluding hydrogens is 260 g/mol. The van der Waals surface area contributed by atoms with Gasteiger partial charge in [0.25, 0.3) is 0 Å². The minimum absolute atomic E-state index is 0.0154. The van der Waals surface area contributed by atoms with Crippen molar-refractivity contribution in [2.24, 2.45) is 0 Å². The third kappa shape index (κ3) is 11.9. The van der Waals surface area contributed by atoms with Crippen LogP contribution in [0.3, 0.4) is 0 Å². The maximum absolute atomic E-state index is 11.6. The smallest absolute Gasteiger partial charge is 0.317 e. The molecule has 6 nitrogen and oxygen atoms in total. The minimum Gasteiger partial charge on any atom is -0.480 e. The average molecular weight is 288 g/mol. The van der Waals surface area contributed by atoms with E-state index in [4.69, 9.17) is 10.2 Å². The summed E-state index contributed by atoms with van der Waals surface area (Å²) in [7, 11) is 0. The molecule has 0 radical (unpaired) electrons. The molecule has 20 heavy (non-hydrogen) atoms. The first kappa shape index (κ1) is 18.9. The minimum atomic E-state index is -0.934. The number of carbonyl (C=O) groups excluding carboxylic acids is 1. The maximum Gasteiger partial charge on any atom is 0.317 e. The van der Waals surface area contributed by atoms with E-state index in [2.05, 4.69) is 12.2 Å². The van der Waals surface area contributed by atoms with Crippen molar-refractivity contribution < 1.29 is 19.8 Å². The summed E-state index contributed by atoms with van der Waals surface area (Å²) in [5.74, 6) is -0.974. The quantitative estimate of drug-likeness (QED) is 0.350. The van der Waals surface area contributed by atoms with Gasteiger partial charge in [0.15, 0.2) is 0 Å². The van der Waals surface area contributed by atoms with Crippen molar-refractivity contribution in [3.63, 3.8) is 0 Å². The van der Waals surface area contributed by atoms with E-state index in [-0.39, 0.29) is 25.7 Å². The lowest BCUT2D eigenvalue weighted by molar-refractivity contribution is -0.139. The van der Waals surface area contributed by atoms with E-state index in [1.165, 1.54) is 12.8 Å². The zero-order chi connectivity index (χ0) is 15.2. The van der Waals surface area contributed by atoms with Crippen LogP contribution < -0.4 is 5.32 Å². The fourth-order valence-electron chi connectivity index (χ4n) is 1.88. The van der Waals surface area contributed by atoms with E-state index in [9.17, 15) is 9.59 Å². The number of unbranched alkanes of at least 4 members (excludes halogenated alkanes) is 4. The third-order valence-corrected chi connectivity index (χ3v) is 3.00. The summed E-state index contributed by atoms with van der Waals surface area (Å²) in [6.07, 6.45) is 6.47. The number of aliphatic hydroxyl groups is 1. The summed E-state index contributed by atoms with van der Waals surface area (Å²) in [6, 6.07) is 0. The Labute approximate surface area is 121 Å². The van der Waals surface area contributed by atoms with Gasteiger partial charge in [-0.15, -0.1) is 0 Å². The standard InChI is InChI=1S/C14H28N2O4/c1-2-3-4-5-6-8-13(18)15-12-16(9-7-10-17)11-14(19)20/h17H,2-12H2,1H3,(H,15,18)(H,19,20). The molecule has 0 aromatic heterocycles. The number of aliphatic carboxylic acids is 1. The van der Waals surface area contributed by atoms with E-state index in [0.29, 0.717) is 19.4 Å². The number of hydrogen-bond donors (Lipinski definition) is 3. The van der Waals surface area contributed by atoms with Crippen molar-refractivity contribution in [1.82, 2.24) is 10.2 Å². The maximum atomic E-state index is 11.6. The molecule has 6 heteroatoms. The van der Waals surface area contributed by atoms with Crippen molar-refractivity contribution in [3.8, 4) is 0 Å². The van der Waals surface area contributed by atoms with Crippen LogP contribution in [-0.4, -0.2) is 53.4 Å². The summed E-state index contributed by atoms with van der Waals surface area (Å²) in [5, 5.41) is 20.2. The number of carboxylic acid groups (broad SMARTS) is 1. The van der Waals surface area contributed by atoms with Crippen LogP contribution in [0, 0.1) is 0 Å². The summed E-state index contributed by atoms with van der Waals surface area (Å²) in [6.45, 7) is 2.72. The van der Waals surface area contributed by atoms with Crippen LogP contribution in [0.1, 0.15) is 51.9 Å². The number of nitrogens with zero attached hydrogens (tertiary/aromatic N) is 1. The van der Waals surface area contributed by atoms with Crippen LogP contribution in [-0.2, 0) is 9.59 Å². The Morgan fingerprint density at radius 2 is 1.80 bits per heavy atom. The molecule has 0 heterocycles. The highest BCUT2D eigenvalue weighted by Gasteiger charge is 2.10. The first-order chi connectivity index (χ1) is 9.60. The van der Waals surface area contributed by atoms with Crippen molar-refractivity contribution in [1.29, 1.82) is 0 Å². The number of hydrogen-bond acceptors (Lipinski definition) is 4. The van der Waals surface area contributed by atoms with Crippen molar-refractivity contribution in [2.45, 2.75) is 51.9 Å². The highest BCUT2D eigenvalue weighted by molar-refractivity contribution is 5.75. The predicted molar refractivity (Wildman–Crippen MR) is 77.3 cm³/mol. The van der Waals surface area contributed by atoms with Gasteiger partial charge in [-0.1, -0.05) is 32.6 Å². The van der Waals surface area contributed by atoms with Gasteiger partial charge in [-0.05, 0) is 12.8 Å². The first-order valence-electron chi connectivity index (χ1n) is 7.41. The van der Waals surface area contributed by atoms with Crippen LogP contribution in [0.15, 0.2) is 0 Å². The van der Waals surface area contributed by atoms with Gasteiger partial charge < -0.3 is 15.5 Å². The second-order valence-electron chi connectivity index (χ2n) is 4.95. The molecule has 0 aliphatic carbocycles. The molecule has 0 unspecified atom stereocenters. The van der Waals surface area contributed by atoms with Gasteiger partial charge in [-0.2, -0.15) is 0 Å². The van der Waals surface area contributed by atoms with Crippen LogP contribution >= 0.6 is 0 Å². The molecular formula is C14H28N2O4. The van der Waals surface area contributed by atoms with Crippen LogP contribution in [0.4, 0.5) is 0 Å². The van der Waals surface area contributed by atoms with Gasteiger partial charge in [-0.3, -0.25) is 14.5 Å². The molecule has 0 saturated heterocycles. The number of carboxylic acids is 1. The van der Waals surface area contributed by atoms with Gasteiger partial charge in [-0.25, -0.2) is 0 Å². The summed E-state index contributed by atoms with van der Waals surface area (Å²) in [5.41, 5.74) is 0. The number of aliphatic hydroxyl groups excluding tert-OH is 1. The lowest BCUT2D eigenvalue weighted by Crippen LogP contribution is -2.41. The Balaban J connectivity index is 3.77. The van der Waals surface area contributed by atoms with Gasteiger partial charge >= 0.3 is 5.97 Å². The summed E-state index contributed by atoms with van der Waals surface area (Å²) < 4.78 is 0. The number of amides is 1. The van der Waals surface area contributed by atoms with Crippen molar-refractivity contribution in [3.05, 3.63) is 0 Å². The summed E-state index contributed by atoms with van der Waals surface area (Å²) >= 11 is 0. The fourth-order valence-corrected chi connectivity index (χ4v) is 1.88. The Morgan fingerprint density at radius 1 is 1.10 bits per heavy atom. The number of carbonyl (C=O) groups is 2. The third-order valence-electron chi connectivity index (χ3n) is 3.00. The Hall–Kier alpha value is -1.14. The summed E-state index contributed by atoms with van der Waals surface area (Å²) in [4.78, 5) is 23.9. The Kier molecular flexibility index (Phi) is 12.1. The van der Waals surface area contributed by atoms with E-state index >= 15 is 0 Å². The van der Waals surface area contributed by atoms with E-state index in [1.807, 2.05) is 0 Å². The molecule has 118 valence electrons. The lowest BCUT2D eigenvalue weighted by atomic mass is 10.1. The second-order valence-corrected chi connectivity index (χ2v) is 4.95. The normalized spacial score (nSPS) is 10.8. The predicted octanol–water partition coefficient (Wildman–Crippen LogP) is 1.19. The zero-order valence-electron chi connectivity index (χ0n) is 12.4. The molecule has 0 saturated carbocycles. The molecule has 0 atom stereocenters. The van der Waals surface area contributed by atoms with Gasteiger partial charge in [0.05, 0.1) is 13.2 Å². The van der Waals surface area contributed by atoms with Crippen LogP contribution in [0.2, 0.25) is 0 Å². The monoisotopic (exact) mass is 288 g/mol. The molecule has 1 amide bonds. The SMILES string of the molecule is CCCCCCCC(=O)NCN(CCCO)CC(=O)O. The molecule has 0 bridgehead atoms. The molecule has 0 fully saturated rings. The topological polar surface area (TPSA) is 89.9 Å². The highest BCUT2D eigenvalue weighted by Crippen LogP contribution is 2.04. The van der Waals surface area contributed by atoms with Gasteiger partial charge in [0, 0.05) is 19.6 Å². The molecule has 0 rings (SSSR count). The van der Waals surface area contributed by atoms with Gasteiger partial charge in [0.1, 0.15) is 0 Å². The van der Waals surface area contributed by atoms with Crippen molar-refractivity contribution in [2.75, 3.05) is 26.4 Å². The van der Waals surface area contributed by atoms with E-state index in [1.54, 1.807) is 4.90 Å². The van der Waals surface area contributed by atoms with E-state index < -0.39 is 5.97 Å². The van der Waals surface area contributed by atoms with Crippen molar-refractivity contribution >= 4 is 11.9 Å². The molecule has 0 aliphatic rings. The molecule has 0 aromatic carbocycles. The Bertz CT molecular complexity index is 272. The average Bonchev–Trinajstić information content (AvgIpc) is 2.41. The molecule has 0 spiro atoms. The fraction of sp³-hybridized carbons (Fsp3) is 0.857. The second kappa shape index (κ2) is 12.9. The molecule has 0 aliphatic heterocycles. The number of nitrogens with one attached hydrogen (secondary N) is 1. The lowest BCUT2D eigenvalue weighted by Gasteiger charge is -2.20. The number of rotatable bonds is 13. The van der Waals surface area contributed by atoms with Crippen LogP contribution in [0.5, 0.6) is 0 Å². The zero-order valence-corrected chi connectivity index (χ0v) is 12.4. The Morgan fingerprint density at radius 3 is 2.40 bits per heavy atom. The molecule has 3 N–H and O–H groups in total. The van der Waals surface area contributed by atoms with E-state index in [0.717, 1.165) is 19.3 Å². The van der Waals surface area contributed by atoms with Gasteiger partial charge in [0.2, 0.25) is 5.91 Å². The first-order valence-corrected chi connectivity index (χ1v) is 7.41. The molecule has 0 aromatic rings. The highest BCUT2D eigenvalue weighted by atomic mass is 16.4. The van der Waals surface area contributed by atoms with Crippen LogP contribution in [0.25, 0.3) is 0 Å². The largest absolute Gasteiger partial charge is 0.480 e.